The number of rotatable bonds is 3. The van der Waals surface area contributed by atoms with Crippen molar-refractivity contribution in [1.29, 1.82) is 0 Å². The van der Waals surface area contributed by atoms with Crippen LogP contribution in [0.25, 0.3) is 22.4 Å². The maximum absolute atomic E-state index is 5.37. The quantitative estimate of drug-likeness (QED) is 0.628. The number of H-pyrrole nitrogens is 1. The van der Waals surface area contributed by atoms with Crippen LogP contribution in [-0.4, -0.2) is 34.4 Å². The Balaban J connectivity index is 1.91. The third-order valence-electron chi connectivity index (χ3n) is 3.86. The van der Waals surface area contributed by atoms with Crippen LogP contribution >= 0.6 is 0 Å². The zero-order valence-corrected chi connectivity index (χ0v) is 12.3. The number of nitrogens with zero attached hydrogens (tertiary/aromatic N) is 3. The van der Waals surface area contributed by atoms with E-state index in [9.17, 15) is 0 Å². The molecule has 0 saturated carbocycles. The average molecular weight is 294 g/mol. The van der Waals surface area contributed by atoms with Gasteiger partial charge in [0.05, 0.1) is 19.8 Å². The van der Waals surface area contributed by atoms with Crippen LogP contribution in [0.2, 0.25) is 0 Å². The molecule has 0 unspecified atom stereocenters. The molecule has 0 bridgehead atoms. The molecule has 0 spiro atoms. The minimum absolute atomic E-state index is 0.271. The maximum Gasteiger partial charge on any atom is 0.319 e. The molecular formula is C16H14N4O2. The molecule has 0 radical (unpaired) electrons. The summed E-state index contributed by atoms with van der Waals surface area (Å²) in [6, 6.07) is 8.60. The molecule has 0 atom stereocenters. The molecule has 4 rings (SSSR count). The Hall–Kier alpha value is -2.89. The van der Waals surface area contributed by atoms with Crippen molar-refractivity contribution < 1.29 is 9.47 Å². The summed E-state index contributed by atoms with van der Waals surface area (Å²) in [7, 11) is 3.10. The van der Waals surface area contributed by atoms with Crippen LogP contribution in [0.4, 0.5) is 0 Å². The Kier molecular flexibility index (Phi) is 2.82. The Morgan fingerprint density at radius 1 is 1.09 bits per heavy atom. The summed E-state index contributed by atoms with van der Waals surface area (Å²) in [5.74, 6) is 0.450. The molecule has 2 heterocycles. The summed E-state index contributed by atoms with van der Waals surface area (Å²) >= 11 is 0. The number of benzene rings is 1. The smallest absolute Gasteiger partial charge is 0.319 e. The lowest BCUT2D eigenvalue weighted by Crippen LogP contribution is -1.98. The van der Waals surface area contributed by atoms with Gasteiger partial charge in [-0.15, -0.1) is 0 Å². The lowest BCUT2D eigenvalue weighted by atomic mass is 10.0. The third kappa shape index (κ3) is 1.77. The van der Waals surface area contributed by atoms with Crippen molar-refractivity contribution in [2.45, 2.75) is 6.42 Å². The minimum Gasteiger partial charge on any atom is -0.480 e. The normalized spacial score (nSPS) is 11.9. The number of aromatic nitrogens is 4. The van der Waals surface area contributed by atoms with Gasteiger partial charge in [-0.05, 0) is 11.1 Å². The predicted octanol–water partition coefficient (Wildman–Crippen LogP) is 2.46. The highest BCUT2D eigenvalue weighted by molar-refractivity contribution is 5.88. The van der Waals surface area contributed by atoms with Gasteiger partial charge in [-0.25, -0.2) is 4.98 Å². The number of methoxy groups -OCH3 is 2. The lowest BCUT2D eigenvalue weighted by molar-refractivity contribution is 0.353. The van der Waals surface area contributed by atoms with Crippen molar-refractivity contribution in [2.24, 2.45) is 0 Å². The van der Waals surface area contributed by atoms with Gasteiger partial charge in [-0.2, -0.15) is 10.1 Å². The molecule has 1 aliphatic carbocycles. The first kappa shape index (κ1) is 12.8. The highest BCUT2D eigenvalue weighted by Gasteiger charge is 2.27. The number of aromatic amines is 1. The predicted molar refractivity (Wildman–Crippen MR) is 81.0 cm³/mol. The van der Waals surface area contributed by atoms with Gasteiger partial charge in [0.1, 0.15) is 5.69 Å². The van der Waals surface area contributed by atoms with Crippen LogP contribution in [0.3, 0.4) is 0 Å². The number of fused-ring (bicyclic) bond motifs is 3. The zero-order valence-electron chi connectivity index (χ0n) is 12.3. The van der Waals surface area contributed by atoms with Crippen molar-refractivity contribution in [3.05, 3.63) is 41.7 Å². The van der Waals surface area contributed by atoms with Crippen LogP contribution in [0, 0.1) is 0 Å². The van der Waals surface area contributed by atoms with Gasteiger partial charge in [-0.1, -0.05) is 24.3 Å². The molecule has 0 amide bonds. The second-order valence-electron chi connectivity index (χ2n) is 5.04. The number of hydrogen-bond donors (Lipinski definition) is 1. The average Bonchev–Trinajstić information content (AvgIpc) is 3.13. The monoisotopic (exact) mass is 294 g/mol. The summed E-state index contributed by atoms with van der Waals surface area (Å²) in [6.45, 7) is 0. The van der Waals surface area contributed by atoms with Crippen molar-refractivity contribution in [1.82, 2.24) is 20.2 Å². The van der Waals surface area contributed by atoms with Crippen LogP contribution < -0.4 is 9.47 Å². The van der Waals surface area contributed by atoms with E-state index in [1.54, 1.807) is 13.3 Å². The molecular weight excluding hydrogens is 280 g/mol. The summed E-state index contributed by atoms with van der Waals surface area (Å²) in [5, 5.41) is 7.56. The maximum atomic E-state index is 5.37. The number of nitrogens with one attached hydrogen (secondary N) is 1. The van der Waals surface area contributed by atoms with E-state index in [2.05, 4.69) is 38.4 Å². The Morgan fingerprint density at radius 2 is 1.95 bits per heavy atom. The fraction of sp³-hybridized carbons (Fsp3) is 0.188. The van der Waals surface area contributed by atoms with E-state index in [0.717, 1.165) is 28.9 Å². The van der Waals surface area contributed by atoms with Gasteiger partial charge in [0, 0.05) is 23.9 Å². The van der Waals surface area contributed by atoms with Crippen LogP contribution in [-0.2, 0) is 6.42 Å². The molecule has 22 heavy (non-hydrogen) atoms. The van der Waals surface area contributed by atoms with Gasteiger partial charge in [0.25, 0.3) is 0 Å². The van der Waals surface area contributed by atoms with Crippen LogP contribution in [0.15, 0.2) is 30.5 Å². The number of ether oxygens (including phenoxy) is 2. The van der Waals surface area contributed by atoms with E-state index < -0.39 is 0 Å². The number of hydrogen-bond acceptors (Lipinski definition) is 5. The van der Waals surface area contributed by atoms with Crippen LogP contribution in [0.1, 0.15) is 11.3 Å². The summed E-state index contributed by atoms with van der Waals surface area (Å²) in [5.41, 5.74) is 6.24. The zero-order chi connectivity index (χ0) is 15.1. The Labute approximate surface area is 127 Å². The SMILES string of the molecule is COc1ncc(-c2n[nH]c3c2-c2ccccc2C3)c(OC)n1. The summed E-state index contributed by atoms with van der Waals surface area (Å²) < 4.78 is 10.4. The van der Waals surface area contributed by atoms with Crippen molar-refractivity contribution in [2.75, 3.05) is 14.2 Å². The lowest BCUT2D eigenvalue weighted by Gasteiger charge is -2.08. The molecule has 0 aliphatic heterocycles. The molecule has 6 nitrogen and oxygen atoms in total. The molecule has 3 aromatic rings. The molecule has 0 fully saturated rings. The largest absolute Gasteiger partial charge is 0.480 e. The second-order valence-corrected chi connectivity index (χ2v) is 5.04. The van der Waals surface area contributed by atoms with E-state index >= 15 is 0 Å². The van der Waals surface area contributed by atoms with E-state index in [4.69, 9.17) is 9.47 Å². The van der Waals surface area contributed by atoms with Crippen molar-refractivity contribution >= 4 is 0 Å². The van der Waals surface area contributed by atoms with E-state index in [1.807, 2.05) is 6.07 Å². The van der Waals surface area contributed by atoms with Gasteiger partial charge >= 0.3 is 6.01 Å². The Bertz CT molecular complexity index is 857. The van der Waals surface area contributed by atoms with Crippen LogP contribution in [0.5, 0.6) is 11.9 Å². The standard InChI is InChI=1S/C16H14N4O2/c1-21-15-11(8-17-16(18-15)22-2)14-13-10-6-4-3-5-9(10)7-12(13)19-20-14/h3-6,8H,7H2,1-2H3,(H,19,20). The molecule has 0 saturated heterocycles. The first-order valence-corrected chi connectivity index (χ1v) is 6.92. The van der Waals surface area contributed by atoms with Gasteiger partial charge in [0.2, 0.25) is 5.88 Å². The summed E-state index contributed by atoms with van der Waals surface area (Å²) in [4.78, 5) is 8.41. The fourth-order valence-corrected chi connectivity index (χ4v) is 2.87. The van der Waals surface area contributed by atoms with E-state index in [1.165, 1.54) is 18.2 Å². The molecule has 6 heteroatoms. The minimum atomic E-state index is 0.271. The second kappa shape index (κ2) is 4.84. The van der Waals surface area contributed by atoms with Crippen molar-refractivity contribution in [3.63, 3.8) is 0 Å². The molecule has 2 aromatic heterocycles. The van der Waals surface area contributed by atoms with Crippen molar-refractivity contribution in [3.8, 4) is 34.3 Å². The molecule has 1 aliphatic rings. The first-order chi connectivity index (χ1) is 10.8. The van der Waals surface area contributed by atoms with Gasteiger partial charge < -0.3 is 9.47 Å². The van der Waals surface area contributed by atoms with Gasteiger partial charge in [0.15, 0.2) is 0 Å². The topological polar surface area (TPSA) is 72.9 Å². The van der Waals surface area contributed by atoms with E-state index in [-0.39, 0.29) is 6.01 Å². The molecule has 110 valence electrons. The third-order valence-corrected chi connectivity index (χ3v) is 3.86. The molecule has 1 N–H and O–H groups in total. The van der Waals surface area contributed by atoms with E-state index in [0.29, 0.717) is 5.88 Å². The first-order valence-electron chi connectivity index (χ1n) is 6.92. The summed E-state index contributed by atoms with van der Waals surface area (Å²) in [6.07, 6.45) is 2.54. The fourth-order valence-electron chi connectivity index (χ4n) is 2.87. The highest BCUT2D eigenvalue weighted by Crippen LogP contribution is 2.43. The highest BCUT2D eigenvalue weighted by atomic mass is 16.5. The molecule has 1 aromatic carbocycles. The van der Waals surface area contributed by atoms with Gasteiger partial charge in [-0.3, -0.25) is 5.10 Å². The Morgan fingerprint density at radius 3 is 2.77 bits per heavy atom.